The summed E-state index contributed by atoms with van der Waals surface area (Å²) in [6, 6.07) is 20.4. The topological polar surface area (TPSA) is 123 Å². The number of nitrogens with one attached hydrogen (secondary N) is 1. The van der Waals surface area contributed by atoms with Crippen molar-refractivity contribution in [1.82, 2.24) is 14.5 Å². The summed E-state index contributed by atoms with van der Waals surface area (Å²) in [7, 11) is 1.53. The fourth-order valence-corrected chi connectivity index (χ4v) is 5.48. The summed E-state index contributed by atoms with van der Waals surface area (Å²) in [5.41, 5.74) is 10.9. The second-order valence-electron chi connectivity index (χ2n) is 10.4. The summed E-state index contributed by atoms with van der Waals surface area (Å²) < 4.78 is 6.98. The van der Waals surface area contributed by atoms with Crippen LogP contribution in [0.2, 0.25) is 0 Å². The van der Waals surface area contributed by atoms with Gasteiger partial charge < -0.3 is 20.6 Å². The lowest BCUT2D eigenvalue weighted by Gasteiger charge is -2.17. The lowest BCUT2D eigenvalue weighted by atomic mass is 9.92. The first-order valence-electron chi connectivity index (χ1n) is 12.9. The zero-order chi connectivity index (χ0) is 28.3. The molecule has 6 rings (SSSR count). The number of carbonyl (C=O) groups is 1. The smallest absolute Gasteiger partial charge is 0.269 e. The van der Waals surface area contributed by atoms with Gasteiger partial charge in [0, 0.05) is 16.3 Å². The Morgan fingerprint density at radius 1 is 1.02 bits per heavy atom. The molecule has 0 fully saturated rings. The quantitative estimate of drug-likeness (QED) is 0.277. The number of methoxy groups -OCH3 is 1. The van der Waals surface area contributed by atoms with Crippen LogP contribution in [0.4, 0.5) is 0 Å². The van der Waals surface area contributed by atoms with E-state index in [9.17, 15) is 14.7 Å². The minimum Gasteiger partial charge on any atom is -0.496 e. The third-order valence-electron chi connectivity index (χ3n) is 7.55. The number of amides is 1. The molecular weight excluding hydrogens is 504 g/mol. The van der Waals surface area contributed by atoms with Crippen LogP contribution in [0, 0.1) is 6.92 Å². The number of aliphatic hydroxyl groups is 1. The van der Waals surface area contributed by atoms with E-state index in [4.69, 9.17) is 10.5 Å². The van der Waals surface area contributed by atoms with Crippen molar-refractivity contribution < 1.29 is 14.6 Å². The molecule has 8 heteroatoms. The molecule has 0 atom stereocenters. The number of primary amides is 1. The number of fused-ring (bicyclic) bond motifs is 4. The third kappa shape index (κ3) is 3.84. The lowest BCUT2D eigenvalue weighted by Crippen LogP contribution is -2.20. The van der Waals surface area contributed by atoms with Crippen LogP contribution in [-0.4, -0.2) is 32.7 Å². The average molecular weight is 533 g/mol. The van der Waals surface area contributed by atoms with Gasteiger partial charge in [0.05, 0.1) is 35.0 Å². The highest BCUT2D eigenvalue weighted by Gasteiger charge is 2.22. The molecule has 200 valence electrons. The molecule has 0 saturated carbocycles. The monoisotopic (exact) mass is 532 g/mol. The van der Waals surface area contributed by atoms with E-state index in [1.165, 1.54) is 18.0 Å². The highest BCUT2D eigenvalue weighted by molar-refractivity contribution is 6.20. The Morgan fingerprint density at radius 3 is 2.52 bits per heavy atom. The van der Waals surface area contributed by atoms with E-state index in [0.29, 0.717) is 33.4 Å². The molecule has 0 spiro atoms. The predicted octanol–water partition coefficient (Wildman–Crippen LogP) is 5.33. The molecule has 0 unspecified atom stereocenters. The number of benzene rings is 4. The van der Waals surface area contributed by atoms with Gasteiger partial charge in [0.25, 0.3) is 11.5 Å². The molecule has 0 saturated heterocycles. The van der Waals surface area contributed by atoms with Crippen LogP contribution in [0.3, 0.4) is 0 Å². The summed E-state index contributed by atoms with van der Waals surface area (Å²) in [6.07, 6.45) is 1.53. The Hall–Kier alpha value is -4.95. The summed E-state index contributed by atoms with van der Waals surface area (Å²) in [4.78, 5) is 33.9. The van der Waals surface area contributed by atoms with Crippen LogP contribution in [-0.2, 0) is 5.60 Å². The second kappa shape index (κ2) is 9.07. The molecule has 0 bridgehead atoms. The standard InChI is InChI=1S/C32H28N4O4/c1-17-19(7-5-9-25(17)36-16-34-23-8-6-10-26(40-4)28(23)31(36)38)20-13-14-22(30(33)37)29-27(20)21-12-11-18(32(2,3)39)15-24(21)35-29/h5-16,35,39H,1-4H3,(H2,33,37). The normalized spacial score (nSPS) is 11.9. The van der Waals surface area contributed by atoms with Crippen molar-refractivity contribution in [1.29, 1.82) is 0 Å². The maximum absolute atomic E-state index is 13.7. The van der Waals surface area contributed by atoms with Gasteiger partial charge in [-0.2, -0.15) is 0 Å². The number of ether oxygens (including phenoxy) is 1. The van der Waals surface area contributed by atoms with Gasteiger partial charge in [-0.3, -0.25) is 14.2 Å². The van der Waals surface area contributed by atoms with Crippen LogP contribution in [0.15, 0.2) is 77.9 Å². The van der Waals surface area contributed by atoms with Gasteiger partial charge in [-0.1, -0.05) is 36.4 Å². The Labute approximate surface area is 229 Å². The zero-order valence-corrected chi connectivity index (χ0v) is 22.6. The van der Waals surface area contributed by atoms with E-state index >= 15 is 0 Å². The molecule has 6 aromatic rings. The fraction of sp³-hybridized carbons (Fsp3) is 0.156. The highest BCUT2D eigenvalue weighted by Crippen LogP contribution is 2.39. The molecule has 40 heavy (non-hydrogen) atoms. The first-order valence-corrected chi connectivity index (χ1v) is 12.9. The Morgan fingerprint density at radius 2 is 1.80 bits per heavy atom. The number of H-pyrrole nitrogens is 1. The molecule has 0 aliphatic carbocycles. The minimum atomic E-state index is -1.03. The molecule has 0 aliphatic rings. The van der Waals surface area contributed by atoms with Gasteiger partial charge in [0.1, 0.15) is 17.5 Å². The van der Waals surface area contributed by atoms with E-state index in [0.717, 1.165) is 38.5 Å². The Bertz CT molecular complexity index is 2050. The highest BCUT2D eigenvalue weighted by atomic mass is 16.5. The summed E-state index contributed by atoms with van der Waals surface area (Å²) in [5, 5.41) is 12.7. The van der Waals surface area contributed by atoms with Gasteiger partial charge in [0.15, 0.2) is 0 Å². The van der Waals surface area contributed by atoms with Crippen LogP contribution >= 0.6 is 0 Å². The summed E-state index contributed by atoms with van der Waals surface area (Å²) >= 11 is 0. The van der Waals surface area contributed by atoms with E-state index in [2.05, 4.69) is 9.97 Å². The van der Waals surface area contributed by atoms with Gasteiger partial charge in [-0.05, 0) is 73.4 Å². The van der Waals surface area contributed by atoms with Gasteiger partial charge in [0.2, 0.25) is 0 Å². The largest absolute Gasteiger partial charge is 0.496 e. The Kier molecular flexibility index (Phi) is 5.74. The lowest BCUT2D eigenvalue weighted by molar-refractivity contribution is 0.0787. The number of hydrogen-bond acceptors (Lipinski definition) is 5. The van der Waals surface area contributed by atoms with Crippen molar-refractivity contribution in [2.24, 2.45) is 5.73 Å². The number of nitrogens with two attached hydrogens (primary N) is 1. The maximum atomic E-state index is 13.7. The van der Waals surface area contributed by atoms with Crippen LogP contribution in [0.5, 0.6) is 5.75 Å². The molecule has 8 nitrogen and oxygen atoms in total. The third-order valence-corrected chi connectivity index (χ3v) is 7.55. The molecule has 4 aromatic carbocycles. The summed E-state index contributed by atoms with van der Waals surface area (Å²) in [5.74, 6) is -0.0786. The first-order chi connectivity index (χ1) is 19.1. The van der Waals surface area contributed by atoms with Gasteiger partial charge in [-0.25, -0.2) is 4.98 Å². The second-order valence-corrected chi connectivity index (χ2v) is 10.4. The van der Waals surface area contributed by atoms with E-state index < -0.39 is 11.5 Å². The predicted molar refractivity (Wildman–Crippen MR) is 157 cm³/mol. The van der Waals surface area contributed by atoms with Crippen molar-refractivity contribution in [2.75, 3.05) is 7.11 Å². The van der Waals surface area contributed by atoms with Crippen molar-refractivity contribution in [2.45, 2.75) is 26.4 Å². The minimum absolute atomic E-state index is 0.233. The van der Waals surface area contributed by atoms with Gasteiger partial charge in [-0.15, -0.1) is 0 Å². The van der Waals surface area contributed by atoms with Gasteiger partial charge >= 0.3 is 0 Å². The zero-order valence-electron chi connectivity index (χ0n) is 22.6. The Balaban J connectivity index is 1.63. The van der Waals surface area contributed by atoms with Crippen LogP contribution < -0.4 is 16.0 Å². The fourth-order valence-electron chi connectivity index (χ4n) is 5.48. The molecule has 4 N–H and O–H groups in total. The first kappa shape index (κ1) is 25.3. The molecular formula is C32H28N4O4. The number of aromatic nitrogens is 3. The van der Waals surface area contributed by atoms with E-state index in [1.807, 2.05) is 49.4 Å². The summed E-state index contributed by atoms with van der Waals surface area (Å²) in [6.45, 7) is 5.41. The number of nitrogens with zero attached hydrogens (tertiary/aromatic N) is 2. The van der Waals surface area contributed by atoms with Crippen molar-refractivity contribution in [3.8, 4) is 22.6 Å². The molecule has 1 amide bonds. The SMILES string of the molecule is COc1cccc2ncn(-c3cccc(-c4ccc(C(N)=O)c5[nH]c6cc(C(C)(C)O)ccc6c45)c3C)c(=O)c12. The number of hydrogen-bond donors (Lipinski definition) is 3. The number of rotatable bonds is 5. The molecule has 0 radical (unpaired) electrons. The van der Waals surface area contributed by atoms with Crippen molar-refractivity contribution >= 4 is 38.6 Å². The van der Waals surface area contributed by atoms with Crippen LogP contribution in [0.25, 0.3) is 49.5 Å². The number of carbonyl (C=O) groups excluding carboxylic acids is 1. The molecule has 2 aromatic heterocycles. The van der Waals surface area contributed by atoms with Crippen molar-refractivity contribution in [3.63, 3.8) is 0 Å². The molecule has 2 heterocycles. The van der Waals surface area contributed by atoms with E-state index in [1.54, 1.807) is 38.1 Å². The average Bonchev–Trinajstić information content (AvgIpc) is 3.31. The van der Waals surface area contributed by atoms with E-state index in [-0.39, 0.29) is 5.56 Å². The van der Waals surface area contributed by atoms with Crippen LogP contribution in [0.1, 0.15) is 35.3 Å². The molecule has 0 aliphatic heterocycles. The maximum Gasteiger partial charge on any atom is 0.269 e. The number of aromatic amines is 1. The van der Waals surface area contributed by atoms with Crippen molar-refractivity contribution in [3.05, 3.63) is 100 Å².